The van der Waals surface area contributed by atoms with Gasteiger partial charge < -0.3 is 9.84 Å². The summed E-state index contributed by atoms with van der Waals surface area (Å²) >= 11 is 0. The Balaban J connectivity index is 0.00000115. The van der Waals surface area contributed by atoms with Gasteiger partial charge >= 0.3 is 7.82 Å². The number of phosphoric acid groups is 1. The summed E-state index contributed by atoms with van der Waals surface area (Å²) < 4.78 is 14.6. The van der Waals surface area contributed by atoms with Gasteiger partial charge in [0, 0.05) is 6.54 Å². The largest absolute Gasteiger partial charge is 0.524 e. The predicted octanol–water partition coefficient (Wildman–Crippen LogP) is 5.71. The second-order valence-electron chi connectivity index (χ2n) is 6.99. The fourth-order valence-corrected chi connectivity index (χ4v) is 3.04. The molecule has 0 aromatic heterocycles. The van der Waals surface area contributed by atoms with Crippen LogP contribution in [0, 0.1) is 0 Å². The van der Waals surface area contributed by atoms with Crippen molar-refractivity contribution in [1.29, 1.82) is 0 Å². The normalized spacial score (nSPS) is 13.4. The maximum Gasteiger partial charge on any atom is 0.524 e. The second-order valence-corrected chi connectivity index (χ2v) is 8.18. The van der Waals surface area contributed by atoms with E-state index >= 15 is 0 Å². The summed E-state index contributed by atoms with van der Waals surface area (Å²) in [7, 11) is -4.34. The molecule has 7 heteroatoms. The summed E-state index contributed by atoms with van der Waals surface area (Å²) in [5.41, 5.74) is 0. The number of phosphoric ester groups is 1. The van der Waals surface area contributed by atoms with Crippen LogP contribution in [0.2, 0.25) is 0 Å². The first kappa shape index (κ1) is 26.2. The van der Waals surface area contributed by atoms with Gasteiger partial charge in [0.25, 0.3) is 0 Å². The summed E-state index contributed by atoms with van der Waals surface area (Å²) in [6.07, 6.45) is 22.6. The molecular weight excluding hydrogens is 363 g/mol. The number of hydrogen-bond acceptors (Lipinski definition) is 4. The third-order valence-corrected chi connectivity index (χ3v) is 4.73. The molecule has 1 aliphatic rings. The highest BCUT2D eigenvalue weighted by Gasteiger charge is 2.10. The number of hydrogen-bond donors (Lipinski definition) is 3. The van der Waals surface area contributed by atoms with Crippen LogP contribution in [0.5, 0.6) is 0 Å². The van der Waals surface area contributed by atoms with Crippen molar-refractivity contribution in [2.24, 2.45) is 4.99 Å². The van der Waals surface area contributed by atoms with Crippen LogP contribution in [0.25, 0.3) is 0 Å². The molecule has 0 radical (unpaired) electrons. The molecule has 0 unspecified atom stereocenters. The van der Waals surface area contributed by atoms with Crippen molar-refractivity contribution in [3.63, 3.8) is 0 Å². The van der Waals surface area contributed by atoms with Gasteiger partial charge in [0.05, 0.1) is 19.1 Å². The minimum Gasteiger partial charge on any atom is -0.413 e. The van der Waals surface area contributed by atoms with Crippen LogP contribution >= 0.6 is 7.82 Å². The van der Waals surface area contributed by atoms with Crippen molar-refractivity contribution >= 4 is 14.2 Å². The Bertz CT molecular complexity index is 405. The van der Waals surface area contributed by atoms with E-state index in [9.17, 15) is 4.57 Å². The summed E-state index contributed by atoms with van der Waals surface area (Å²) in [5.74, 6) is 0. The van der Waals surface area contributed by atoms with Crippen molar-refractivity contribution in [2.75, 3.05) is 13.1 Å². The van der Waals surface area contributed by atoms with E-state index < -0.39 is 7.82 Å². The fraction of sp³-hybridized carbons (Fsp3) is 0.850. The van der Waals surface area contributed by atoms with Crippen molar-refractivity contribution in [2.45, 2.75) is 96.8 Å². The highest BCUT2D eigenvalue weighted by molar-refractivity contribution is 7.46. The first-order valence-electron chi connectivity index (χ1n) is 10.7. The van der Waals surface area contributed by atoms with E-state index in [1.54, 1.807) is 12.4 Å². The smallest absolute Gasteiger partial charge is 0.413 e. The van der Waals surface area contributed by atoms with Crippen LogP contribution in [0.1, 0.15) is 96.8 Å². The Morgan fingerprint density at radius 3 is 1.85 bits per heavy atom. The lowest BCUT2D eigenvalue weighted by atomic mass is 10.0. The molecule has 1 aliphatic heterocycles. The predicted molar refractivity (Wildman–Crippen MR) is 114 cm³/mol. The molecule has 0 fully saturated rings. The van der Waals surface area contributed by atoms with E-state index in [2.05, 4.69) is 21.8 Å². The zero-order chi connectivity index (χ0) is 20.1. The van der Waals surface area contributed by atoms with Crippen LogP contribution < -0.4 is 5.32 Å². The molecule has 0 saturated heterocycles. The van der Waals surface area contributed by atoms with Crippen molar-refractivity contribution < 1.29 is 18.9 Å². The molecule has 0 amide bonds. The molecule has 0 aromatic carbocycles. The van der Waals surface area contributed by atoms with E-state index in [-0.39, 0.29) is 0 Å². The monoisotopic (exact) mass is 404 g/mol. The highest BCUT2D eigenvalue weighted by Crippen LogP contribution is 2.35. The van der Waals surface area contributed by atoms with Crippen LogP contribution in [-0.2, 0) is 9.09 Å². The number of nitrogens with zero attached hydrogens (tertiary/aromatic N) is 1. The fourth-order valence-electron chi connectivity index (χ4n) is 2.79. The molecule has 1 heterocycles. The lowest BCUT2D eigenvalue weighted by Crippen LogP contribution is -2.04. The SMILES string of the molecule is C1=NCCN1.CCCCCCCCCCCCCCCC=COP(=O)(O)O. The van der Waals surface area contributed by atoms with Gasteiger partial charge in [-0.1, -0.05) is 84.0 Å². The van der Waals surface area contributed by atoms with Crippen molar-refractivity contribution in [3.05, 3.63) is 12.3 Å². The summed E-state index contributed by atoms with van der Waals surface area (Å²) in [5, 5.41) is 2.93. The van der Waals surface area contributed by atoms with E-state index in [0.29, 0.717) is 0 Å². The molecular formula is C20H41N2O4P. The average Bonchev–Trinajstić information content (AvgIpc) is 3.20. The average molecular weight is 405 g/mol. The van der Waals surface area contributed by atoms with Gasteiger partial charge in [-0.25, -0.2) is 4.57 Å². The van der Waals surface area contributed by atoms with Crippen LogP contribution in [0.3, 0.4) is 0 Å². The van der Waals surface area contributed by atoms with E-state index in [1.807, 2.05) is 0 Å². The number of allylic oxidation sites excluding steroid dienone is 1. The summed E-state index contributed by atoms with van der Waals surface area (Å²) in [4.78, 5) is 20.8. The summed E-state index contributed by atoms with van der Waals surface area (Å²) in [6.45, 7) is 4.24. The number of aliphatic imine (C=N–C) groups is 1. The van der Waals surface area contributed by atoms with Crippen molar-refractivity contribution in [1.82, 2.24) is 5.32 Å². The Kier molecular flexibility index (Phi) is 19.3. The van der Waals surface area contributed by atoms with Crippen molar-refractivity contribution in [3.8, 4) is 0 Å². The molecule has 6 nitrogen and oxygen atoms in total. The first-order chi connectivity index (χ1) is 13.1. The van der Waals surface area contributed by atoms with Gasteiger partial charge in [-0.15, -0.1) is 0 Å². The molecule has 0 aromatic rings. The molecule has 0 aliphatic carbocycles. The topological polar surface area (TPSA) is 91.2 Å². The van der Waals surface area contributed by atoms with Gasteiger partial charge in [0.2, 0.25) is 0 Å². The zero-order valence-corrected chi connectivity index (χ0v) is 18.0. The molecule has 27 heavy (non-hydrogen) atoms. The Morgan fingerprint density at radius 2 is 1.48 bits per heavy atom. The molecule has 0 bridgehead atoms. The molecule has 0 spiro atoms. The lowest BCUT2D eigenvalue weighted by molar-refractivity contribution is 0.258. The minimum absolute atomic E-state index is 0.817. The minimum atomic E-state index is -4.34. The van der Waals surface area contributed by atoms with Gasteiger partial charge in [0.15, 0.2) is 0 Å². The second kappa shape index (κ2) is 19.9. The van der Waals surface area contributed by atoms with Crippen LogP contribution in [0.15, 0.2) is 17.3 Å². The highest BCUT2D eigenvalue weighted by atomic mass is 31.2. The third-order valence-electron chi connectivity index (χ3n) is 4.34. The number of rotatable bonds is 16. The Hall–Kier alpha value is -0.840. The Labute approximate surface area is 166 Å². The van der Waals surface area contributed by atoms with E-state index in [1.165, 1.54) is 77.0 Å². The third kappa shape index (κ3) is 25.2. The lowest BCUT2D eigenvalue weighted by Gasteiger charge is -2.02. The molecule has 1 rings (SSSR count). The number of unbranched alkanes of at least 4 members (excludes halogenated alkanes) is 13. The van der Waals surface area contributed by atoms with Gasteiger partial charge in [0.1, 0.15) is 0 Å². The molecule has 0 saturated carbocycles. The molecule has 160 valence electrons. The van der Waals surface area contributed by atoms with Gasteiger partial charge in [-0.05, 0) is 18.9 Å². The van der Waals surface area contributed by atoms with Crippen LogP contribution in [0.4, 0.5) is 0 Å². The molecule has 3 N–H and O–H groups in total. The van der Waals surface area contributed by atoms with E-state index in [0.717, 1.165) is 32.2 Å². The number of nitrogens with one attached hydrogen (secondary N) is 1. The van der Waals surface area contributed by atoms with Gasteiger partial charge in [-0.3, -0.25) is 14.8 Å². The molecule has 0 atom stereocenters. The maximum absolute atomic E-state index is 10.4. The van der Waals surface area contributed by atoms with Crippen LogP contribution in [-0.4, -0.2) is 29.2 Å². The van der Waals surface area contributed by atoms with E-state index in [4.69, 9.17) is 9.79 Å². The maximum atomic E-state index is 10.4. The Morgan fingerprint density at radius 1 is 0.963 bits per heavy atom. The van der Waals surface area contributed by atoms with Gasteiger partial charge in [-0.2, -0.15) is 0 Å². The zero-order valence-electron chi connectivity index (χ0n) is 17.2. The standard InChI is InChI=1S/C17H35O4P.C3H6N2/c1-2-3-4-5-6-7-8-9-10-11-12-13-14-15-16-17-21-22(18,19)20;1-2-5-3-4-1/h16-17H,2-15H2,1H3,(H2,18,19,20);3H,1-2H2,(H,4,5). The quantitative estimate of drug-likeness (QED) is 0.174. The first-order valence-corrected chi connectivity index (χ1v) is 12.2. The summed E-state index contributed by atoms with van der Waals surface area (Å²) in [6, 6.07) is 0.